The fraction of sp³-hybridized carbons (Fsp3) is 0.643. The van der Waals surface area contributed by atoms with Crippen LogP contribution in [-0.4, -0.2) is 56.9 Å². The van der Waals surface area contributed by atoms with Crippen LogP contribution in [0.3, 0.4) is 0 Å². The maximum Gasteiger partial charge on any atom is 0.351 e. The number of anilines is 1. The Labute approximate surface area is 142 Å². The number of aldehydes is 1. The first-order valence-corrected chi connectivity index (χ1v) is 7.70. The number of alkyl halides is 2. The molecule has 1 aromatic heterocycles. The molecule has 1 saturated heterocycles. The SMILES string of the molecule is CC(C)(C=O)OC[C@@]1(CCl)O[C@@H](n2ccc(N)nc2=O)[C@H](F)[C@@H]1O. The second-order valence-electron chi connectivity index (χ2n) is 6.15. The van der Waals surface area contributed by atoms with E-state index in [1.54, 1.807) is 0 Å². The largest absolute Gasteiger partial charge is 0.387 e. The predicted octanol–water partition coefficient (Wildman–Crippen LogP) is 0.0250. The van der Waals surface area contributed by atoms with Crippen LogP contribution in [0.5, 0.6) is 0 Å². The summed E-state index contributed by atoms with van der Waals surface area (Å²) in [7, 11) is 0. The smallest absolute Gasteiger partial charge is 0.351 e. The topological polar surface area (TPSA) is 117 Å². The van der Waals surface area contributed by atoms with Crippen molar-refractivity contribution in [3.8, 4) is 0 Å². The number of aliphatic hydroxyl groups is 1. The van der Waals surface area contributed by atoms with Gasteiger partial charge in [-0.2, -0.15) is 4.98 Å². The second kappa shape index (κ2) is 6.75. The fourth-order valence-corrected chi connectivity index (χ4v) is 2.56. The van der Waals surface area contributed by atoms with Gasteiger partial charge in [0, 0.05) is 6.20 Å². The van der Waals surface area contributed by atoms with E-state index in [1.165, 1.54) is 26.1 Å². The molecule has 1 aliphatic heterocycles. The first kappa shape index (κ1) is 18.8. The average Bonchev–Trinajstić information content (AvgIpc) is 2.79. The van der Waals surface area contributed by atoms with Gasteiger partial charge in [0.25, 0.3) is 0 Å². The molecule has 0 radical (unpaired) electrons. The summed E-state index contributed by atoms with van der Waals surface area (Å²) in [5, 5.41) is 10.2. The van der Waals surface area contributed by atoms with Crippen molar-refractivity contribution in [2.45, 2.75) is 43.6 Å². The normalized spacial score (nSPS) is 30.5. The number of nitrogens with zero attached hydrogens (tertiary/aromatic N) is 2. The standard InChI is InChI=1S/C14H19ClFN3O5/c1-13(2,6-20)23-7-14(5-15)10(21)9(16)11(24-14)19-4-3-8(17)18-12(19)22/h3-4,6,9-11,21H,5,7H2,1-2H3,(H2,17,18,22)/t9-,10+,11-,14-/m1/s1. The lowest BCUT2D eigenvalue weighted by Gasteiger charge is -2.32. The van der Waals surface area contributed by atoms with E-state index in [0.717, 1.165) is 4.57 Å². The molecule has 0 spiro atoms. The molecule has 0 bridgehead atoms. The molecule has 2 rings (SSSR count). The molecule has 1 aromatic rings. The zero-order valence-electron chi connectivity index (χ0n) is 13.2. The molecular formula is C14H19ClFN3O5. The van der Waals surface area contributed by atoms with Gasteiger partial charge >= 0.3 is 5.69 Å². The van der Waals surface area contributed by atoms with E-state index in [9.17, 15) is 19.1 Å². The molecule has 0 unspecified atom stereocenters. The Morgan fingerprint density at radius 3 is 2.88 bits per heavy atom. The van der Waals surface area contributed by atoms with Crippen LogP contribution in [0.2, 0.25) is 0 Å². The average molecular weight is 364 g/mol. The summed E-state index contributed by atoms with van der Waals surface area (Å²) in [6, 6.07) is 1.30. The van der Waals surface area contributed by atoms with Crippen LogP contribution in [0.1, 0.15) is 20.1 Å². The van der Waals surface area contributed by atoms with Crippen LogP contribution in [0, 0.1) is 0 Å². The fourth-order valence-electron chi connectivity index (χ4n) is 2.26. The van der Waals surface area contributed by atoms with Gasteiger partial charge in [0.1, 0.15) is 23.1 Å². The number of halogens is 2. The summed E-state index contributed by atoms with van der Waals surface area (Å²) in [5.41, 5.74) is 1.79. The molecule has 24 heavy (non-hydrogen) atoms. The van der Waals surface area contributed by atoms with Crippen molar-refractivity contribution < 1.29 is 23.8 Å². The lowest BCUT2D eigenvalue weighted by Crippen LogP contribution is -2.50. The maximum atomic E-state index is 14.6. The highest BCUT2D eigenvalue weighted by molar-refractivity contribution is 6.18. The van der Waals surface area contributed by atoms with Gasteiger partial charge in [0.15, 0.2) is 18.7 Å². The minimum absolute atomic E-state index is 0.0233. The quantitative estimate of drug-likeness (QED) is 0.540. The Morgan fingerprint density at radius 2 is 2.33 bits per heavy atom. The van der Waals surface area contributed by atoms with Crippen LogP contribution in [0.4, 0.5) is 10.2 Å². The monoisotopic (exact) mass is 363 g/mol. The van der Waals surface area contributed by atoms with Crippen LogP contribution < -0.4 is 11.4 Å². The molecule has 0 aliphatic carbocycles. The van der Waals surface area contributed by atoms with Crippen molar-refractivity contribution in [2.24, 2.45) is 0 Å². The Bertz CT molecular complexity index is 670. The summed E-state index contributed by atoms with van der Waals surface area (Å²) < 4.78 is 26.4. The Morgan fingerprint density at radius 1 is 1.67 bits per heavy atom. The molecule has 0 saturated carbocycles. The molecule has 134 valence electrons. The number of hydrogen-bond donors (Lipinski definition) is 2. The number of carbonyl (C=O) groups excluding carboxylic acids is 1. The predicted molar refractivity (Wildman–Crippen MR) is 83.5 cm³/mol. The number of aliphatic hydroxyl groups excluding tert-OH is 1. The maximum absolute atomic E-state index is 14.6. The van der Waals surface area contributed by atoms with Crippen LogP contribution in [0.25, 0.3) is 0 Å². The highest BCUT2D eigenvalue weighted by Crippen LogP contribution is 2.40. The molecule has 8 nitrogen and oxygen atoms in total. The molecule has 10 heteroatoms. The molecule has 1 fully saturated rings. The van der Waals surface area contributed by atoms with Gasteiger partial charge in [0.05, 0.1) is 12.5 Å². The molecular weight excluding hydrogens is 345 g/mol. The Hall–Kier alpha value is -1.55. The lowest BCUT2D eigenvalue weighted by atomic mass is 9.98. The van der Waals surface area contributed by atoms with Gasteiger partial charge < -0.3 is 25.1 Å². The molecule has 0 aromatic carbocycles. The van der Waals surface area contributed by atoms with Crippen molar-refractivity contribution in [2.75, 3.05) is 18.2 Å². The van der Waals surface area contributed by atoms with Gasteiger partial charge in [-0.05, 0) is 19.9 Å². The zero-order chi connectivity index (χ0) is 18.1. The van der Waals surface area contributed by atoms with Gasteiger partial charge in [-0.15, -0.1) is 11.6 Å². The Balaban J connectivity index is 2.29. The van der Waals surface area contributed by atoms with E-state index in [4.69, 9.17) is 26.8 Å². The van der Waals surface area contributed by atoms with E-state index in [0.29, 0.717) is 6.29 Å². The highest BCUT2D eigenvalue weighted by Gasteiger charge is 2.56. The number of carbonyl (C=O) groups is 1. The van der Waals surface area contributed by atoms with Crippen LogP contribution in [0.15, 0.2) is 17.1 Å². The zero-order valence-corrected chi connectivity index (χ0v) is 13.9. The summed E-state index contributed by atoms with van der Waals surface area (Å²) >= 11 is 5.87. The molecule has 4 atom stereocenters. The second-order valence-corrected chi connectivity index (χ2v) is 6.42. The Kier molecular flexibility index (Phi) is 5.28. The van der Waals surface area contributed by atoms with Gasteiger partial charge in [0.2, 0.25) is 0 Å². The van der Waals surface area contributed by atoms with Gasteiger partial charge in [-0.3, -0.25) is 4.57 Å². The van der Waals surface area contributed by atoms with E-state index >= 15 is 0 Å². The number of rotatable bonds is 6. The van der Waals surface area contributed by atoms with E-state index in [1.807, 2.05) is 0 Å². The van der Waals surface area contributed by atoms with Crippen LogP contribution >= 0.6 is 11.6 Å². The molecule has 0 amide bonds. The number of nitrogens with two attached hydrogens (primary N) is 1. The number of aromatic nitrogens is 2. The number of hydrogen-bond acceptors (Lipinski definition) is 7. The molecule has 3 N–H and O–H groups in total. The number of ether oxygens (including phenoxy) is 2. The molecule has 2 heterocycles. The van der Waals surface area contributed by atoms with Gasteiger partial charge in [-0.25, -0.2) is 9.18 Å². The minimum Gasteiger partial charge on any atom is -0.387 e. The summed E-state index contributed by atoms with van der Waals surface area (Å²) in [6.45, 7) is 2.67. The van der Waals surface area contributed by atoms with Crippen molar-refractivity contribution >= 4 is 23.7 Å². The van der Waals surface area contributed by atoms with E-state index < -0.39 is 35.4 Å². The highest BCUT2D eigenvalue weighted by atomic mass is 35.5. The minimum atomic E-state index is -1.95. The van der Waals surface area contributed by atoms with E-state index in [2.05, 4.69) is 4.98 Å². The summed E-state index contributed by atoms with van der Waals surface area (Å²) in [6.07, 6.45) is -3.27. The number of nitrogen functional groups attached to an aromatic ring is 1. The first-order chi connectivity index (χ1) is 11.2. The third kappa shape index (κ3) is 3.44. The third-order valence-corrected chi connectivity index (χ3v) is 4.25. The lowest BCUT2D eigenvalue weighted by molar-refractivity contribution is -0.160. The summed E-state index contributed by atoms with van der Waals surface area (Å²) in [5.74, 6) is -0.332. The van der Waals surface area contributed by atoms with Crippen molar-refractivity contribution in [3.05, 3.63) is 22.7 Å². The molecule has 1 aliphatic rings. The van der Waals surface area contributed by atoms with Crippen molar-refractivity contribution in [1.82, 2.24) is 9.55 Å². The van der Waals surface area contributed by atoms with Gasteiger partial charge in [-0.1, -0.05) is 0 Å². The van der Waals surface area contributed by atoms with Crippen molar-refractivity contribution in [3.63, 3.8) is 0 Å². The van der Waals surface area contributed by atoms with Crippen LogP contribution in [-0.2, 0) is 14.3 Å². The summed E-state index contributed by atoms with van der Waals surface area (Å²) in [4.78, 5) is 26.3. The third-order valence-electron chi connectivity index (χ3n) is 3.79. The first-order valence-electron chi connectivity index (χ1n) is 7.17. The van der Waals surface area contributed by atoms with E-state index in [-0.39, 0.29) is 18.3 Å². The van der Waals surface area contributed by atoms with Crippen molar-refractivity contribution in [1.29, 1.82) is 0 Å².